The van der Waals surface area contributed by atoms with Crippen molar-refractivity contribution in [1.29, 1.82) is 0 Å². The third kappa shape index (κ3) is 2.11. The van der Waals surface area contributed by atoms with Gasteiger partial charge in [0.05, 0.1) is 0 Å². The molecule has 0 N–H and O–H groups in total. The first-order chi connectivity index (χ1) is 6.76. The molecule has 0 unspecified atom stereocenters. The van der Waals surface area contributed by atoms with Crippen molar-refractivity contribution in [2.24, 2.45) is 5.41 Å². The SMILES string of the molecule is CN(CC1(CS)CCCC1)C1CCC1. The lowest BCUT2D eigenvalue weighted by Gasteiger charge is -2.40. The number of hydrogen-bond donors (Lipinski definition) is 1. The molecule has 2 fully saturated rings. The second-order valence-corrected chi connectivity index (χ2v) is 5.68. The Kier molecular flexibility index (Phi) is 3.43. The fourth-order valence-corrected chi connectivity index (χ4v) is 3.39. The van der Waals surface area contributed by atoms with E-state index in [1.165, 1.54) is 51.5 Å². The first-order valence-corrected chi connectivity index (χ1v) is 6.70. The minimum atomic E-state index is 0.563. The van der Waals surface area contributed by atoms with Crippen LogP contribution in [0.25, 0.3) is 0 Å². The Morgan fingerprint density at radius 2 is 1.86 bits per heavy atom. The van der Waals surface area contributed by atoms with Gasteiger partial charge in [-0.1, -0.05) is 19.3 Å². The molecule has 0 atom stereocenters. The van der Waals surface area contributed by atoms with Crippen LogP contribution in [-0.4, -0.2) is 30.3 Å². The summed E-state index contributed by atoms with van der Waals surface area (Å²) in [5.74, 6) is 1.09. The molecule has 2 heteroatoms. The molecule has 2 aliphatic carbocycles. The van der Waals surface area contributed by atoms with Gasteiger partial charge >= 0.3 is 0 Å². The molecule has 2 aliphatic rings. The zero-order chi connectivity index (χ0) is 10.0. The summed E-state index contributed by atoms with van der Waals surface area (Å²) in [5.41, 5.74) is 0.563. The third-order valence-corrected chi connectivity index (χ3v) is 4.95. The lowest BCUT2D eigenvalue weighted by Crippen LogP contribution is -2.44. The normalized spacial score (nSPS) is 26.8. The molecule has 0 aliphatic heterocycles. The van der Waals surface area contributed by atoms with Gasteiger partial charge in [0, 0.05) is 12.6 Å². The van der Waals surface area contributed by atoms with Crippen LogP contribution < -0.4 is 0 Å². The van der Waals surface area contributed by atoms with Crippen LogP contribution in [0.2, 0.25) is 0 Å². The second kappa shape index (κ2) is 4.44. The maximum absolute atomic E-state index is 4.57. The quantitative estimate of drug-likeness (QED) is 0.703. The van der Waals surface area contributed by atoms with Gasteiger partial charge in [0.15, 0.2) is 0 Å². The van der Waals surface area contributed by atoms with Gasteiger partial charge in [0.1, 0.15) is 0 Å². The first kappa shape index (κ1) is 10.8. The maximum Gasteiger partial charge on any atom is 0.00924 e. The molecule has 2 rings (SSSR count). The lowest BCUT2D eigenvalue weighted by molar-refractivity contribution is 0.106. The zero-order valence-corrected chi connectivity index (χ0v) is 10.2. The molecule has 0 radical (unpaired) electrons. The van der Waals surface area contributed by atoms with E-state index >= 15 is 0 Å². The summed E-state index contributed by atoms with van der Waals surface area (Å²) < 4.78 is 0. The summed E-state index contributed by atoms with van der Waals surface area (Å²) >= 11 is 4.57. The van der Waals surface area contributed by atoms with Gasteiger partial charge in [0.2, 0.25) is 0 Å². The average molecular weight is 213 g/mol. The molecule has 0 heterocycles. The van der Waals surface area contributed by atoms with E-state index < -0.39 is 0 Å². The van der Waals surface area contributed by atoms with Gasteiger partial charge in [-0.05, 0) is 43.9 Å². The van der Waals surface area contributed by atoms with E-state index in [-0.39, 0.29) is 0 Å². The molecule has 14 heavy (non-hydrogen) atoms. The Hall–Kier alpha value is 0.310. The third-order valence-electron chi connectivity index (χ3n) is 4.28. The number of thiol groups is 1. The largest absolute Gasteiger partial charge is 0.303 e. The molecule has 82 valence electrons. The van der Waals surface area contributed by atoms with Gasteiger partial charge in [0.25, 0.3) is 0 Å². The van der Waals surface area contributed by atoms with Crippen molar-refractivity contribution < 1.29 is 0 Å². The molecule has 0 bridgehead atoms. The summed E-state index contributed by atoms with van der Waals surface area (Å²) in [7, 11) is 2.31. The van der Waals surface area contributed by atoms with Crippen molar-refractivity contribution in [3.8, 4) is 0 Å². The van der Waals surface area contributed by atoms with Crippen LogP contribution >= 0.6 is 12.6 Å². The highest BCUT2D eigenvalue weighted by molar-refractivity contribution is 7.80. The van der Waals surface area contributed by atoms with E-state index in [4.69, 9.17) is 0 Å². The van der Waals surface area contributed by atoms with Crippen molar-refractivity contribution in [2.75, 3.05) is 19.3 Å². The fourth-order valence-electron chi connectivity index (χ4n) is 2.98. The van der Waals surface area contributed by atoms with E-state index in [1.807, 2.05) is 0 Å². The minimum Gasteiger partial charge on any atom is -0.303 e. The molecule has 2 saturated carbocycles. The van der Waals surface area contributed by atoms with Crippen LogP contribution in [0.15, 0.2) is 0 Å². The van der Waals surface area contributed by atoms with E-state index in [1.54, 1.807) is 0 Å². The van der Waals surface area contributed by atoms with Crippen LogP contribution in [0.1, 0.15) is 44.9 Å². The number of rotatable bonds is 4. The summed E-state index contributed by atoms with van der Waals surface area (Å²) in [5, 5.41) is 0. The van der Waals surface area contributed by atoms with Crippen molar-refractivity contribution in [3.05, 3.63) is 0 Å². The summed E-state index contributed by atoms with van der Waals surface area (Å²) in [6, 6.07) is 0.896. The first-order valence-electron chi connectivity index (χ1n) is 6.07. The Morgan fingerprint density at radius 3 is 2.29 bits per heavy atom. The highest BCUT2D eigenvalue weighted by Crippen LogP contribution is 2.40. The summed E-state index contributed by atoms with van der Waals surface area (Å²) in [6.07, 6.45) is 9.99. The van der Waals surface area contributed by atoms with Gasteiger partial charge in [-0.15, -0.1) is 0 Å². The van der Waals surface area contributed by atoms with E-state index in [0.717, 1.165) is 11.8 Å². The standard InChI is InChI=1S/C12H23NS/c1-13(11-5-4-6-11)9-12(10-14)7-2-3-8-12/h11,14H,2-10H2,1H3. The van der Waals surface area contributed by atoms with Crippen LogP contribution in [0.4, 0.5) is 0 Å². The Morgan fingerprint density at radius 1 is 1.21 bits per heavy atom. The predicted molar refractivity (Wildman–Crippen MR) is 65.0 cm³/mol. The lowest BCUT2D eigenvalue weighted by atomic mass is 9.85. The highest BCUT2D eigenvalue weighted by atomic mass is 32.1. The molecule has 0 aromatic heterocycles. The van der Waals surface area contributed by atoms with Crippen molar-refractivity contribution in [1.82, 2.24) is 4.90 Å². The van der Waals surface area contributed by atoms with E-state index in [0.29, 0.717) is 5.41 Å². The smallest absolute Gasteiger partial charge is 0.00924 e. The van der Waals surface area contributed by atoms with Crippen molar-refractivity contribution in [3.63, 3.8) is 0 Å². The average Bonchev–Trinajstić information content (AvgIpc) is 2.50. The second-order valence-electron chi connectivity index (χ2n) is 5.37. The fraction of sp³-hybridized carbons (Fsp3) is 1.00. The number of nitrogens with zero attached hydrogens (tertiary/aromatic N) is 1. The monoisotopic (exact) mass is 213 g/mol. The van der Waals surface area contributed by atoms with Crippen LogP contribution in [0.5, 0.6) is 0 Å². The number of hydrogen-bond acceptors (Lipinski definition) is 2. The van der Waals surface area contributed by atoms with Gasteiger partial charge < -0.3 is 4.90 Å². The summed E-state index contributed by atoms with van der Waals surface area (Å²) in [6.45, 7) is 1.29. The zero-order valence-electron chi connectivity index (χ0n) is 9.34. The highest BCUT2D eigenvalue weighted by Gasteiger charge is 2.35. The summed E-state index contributed by atoms with van der Waals surface area (Å²) in [4.78, 5) is 2.60. The molecule has 0 amide bonds. The van der Waals surface area contributed by atoms with Crippen LogP contribution in [0.3, 0.4) is 0 Å². The van der Waals surface area contributed by atoms with Gasteiger partial charge in [-0.25, -0.2) is 0 Å². The Balaban J connectivity index is 1.86. The molecule has 0 spiro atoms. The topological polar surface area (TPSA) is 3.24 Å². The molecular formula is C12H23NS. The van der Waals surface area contributed by atoms with Crippen LogP contribution in [0, 0.1) is 5.41 Å². The Labute approximate surface area is 93.7 Å². The maximum atomic E-state index is 4.57. The molecule has 0 aromatic rings. The van der Waals surface area contributed by atoms with Gasteiger partial charge in [-0.2, -0.15) is 12.6 Å². The van der Waals surface area contributed by atoms with E-state index in [2.05, 4.69) is 24.6 Å². The molecule has 0 aromatic carbocycles. The van der Waals surface area contributed by atoms with E-state index in [9.17, 15) is 0 Å². The van der Waals surface area contributed by atoms with Gasteiger partial charge in [-0.3, -0.25) is 0 Å². The molecular weight excluding hydrogens is 190 g/mol. The van der Waals surface area contributed by atoms with Crippen molar-refractivity contribution in [2.45, 2.75) is 51.0 Å². The van der Waals surface area contributed by atoms with Crippen LogP contribution in [-0.2, 0) is 0 Å². The molecule has 0 saturated heterocycles. The minimum absolute atomic E-state index is 0.563. The Bertz CT molecular complexity index is 183. The molecule has 1 nitrogen and oxygen atoms in total. The predicted octanol–water partition coefficient (Wildman–Crippen LogP) is 2.96. The van der Waals surface area contributed by atoms with Crippen molar-refractivity contribution >= 4 is 12.6 Å².